The Hall–Kier alpha value is -2.94. The van der Waals surface area contributed by atoms with Crippen LogP contribution < -0.4 is 0 Å². The van der Waals surface area contributed by atoms with Gasteiger partial charge in [-0.1, -0.05) is 66.7 Å². The van der Waals surface area contributed by atoms with Gasteiger partial charge in [0.1, 0.15) is 5.69 Å². The van der Waals surface area contributed by atoms with E-state index in [0.717, 1.165) is 5.56 Å². The van der Waals surface area contributed by atoms with Gasteiger partial charge in [0.2, 0.25) is 0 Å². The summed E-state index contributed by atoms with van der Waals surface area (Å²) in [5.41, 5.74) is 2.97. The number of benzene rings is 2. The number of aromatic nitrogens is 1. The Morgan fingerprint density at radius 2 is 1.61 bits per heavy atom. The minimum Gasteiger partial charge on any atom is -0.330 e. The van der Waals surface area contributed by atoms with Gasteiger partial charge in [-0.3, -0.25) is 9.78 Å². The van der Waals surface area contributed by atoms with E-state index < -0.39 is 0 Å². The molecule has 1 aliphatic carbocycles. The summed E-state index contributed by atoms with van der Waals surface area (Å²) in [5, 5.41) is 0. The van der Waals surface area contributed by atoms with Crippen molar-refractivity contribution in [3.8, 4) is 0 Å². The molecule has 3 nitrogen and oxygen atoms in total. The summed E-state index contributed by atoms with van der Waals surface area (Å²) in [5.74, 6) is 0.989. The third-order valence-corrected chi connectivity index (χ3v) is 5.67. The fourth-order valence-corrected chi connectivity index (χ4v) is 4.09. The molecule has 3 heteroatoms. The molecule has 0 aliphatic heterocycles. The normalized spacial score (nSPS) is 15.6. The smallest absolute Gasteiger partial charge is 0.273 e. The van der Waals surface area contributed by atoms with Crippen LogP contribution in [-0.4, -0.2) is 21.8 Å². The molecule has 0 saturated heterocycles. The van der Waals surface area contributed by atoms with E-state index in [9.17, 15) is 4.79 Å². The Morgan fingerprint density at radius 1 is 0.964 bits per heavy atom. The third-order valence-electron chi connectivity index (χ3n) is 5.67. The number of nitrogens with zero attached hydrogens (tertiary/aromatic N) is 2. The lowest BCUT2D eigenvalue weighted by atomic mass is 9.86. The van der Waals surface area contributed by atoms with E-state index in [1.165, 1.54) is 18.4 Å². The van der Waals surface area contributed by atoms with Crippen LogP contribution in [0.15, 0.2) is 85.1 Å². The van der Waals surface area contributed by atoms with Crippen molar-refractivity contribution < 1.29 is 4.79 Å². The van der Waals surface area contributed by atoms with Crippen molar-refractivity contribution >= 4 is 5.91 Å². The molecule has 3 aromatic rings. The minimum atomic E-state index is -0.00136. The zero-order valence-corrected chi connectivity index (χ0v) is 16.2. The van der Waals surface area contributed by atoms with E-state index >= 15 is 0 Å². The lowest BCUT2D eigenvalue weighted by molar-refractivity contribution is 0.0632. The summed E-state index contributed by atoms with van der Waals surface area (Å²) in [6.07, 6.45) is 4.16. The number of hydrogen-bond donors (Lipinski definition) is 0. The predicted octanol–water partition coefficient (Wildman–Crippen LogP) is 5.31. The minimum absolute atomic E-state index is 0.00136. The number of hydrogen-bond acceptors (Lipinski definition) is 2. The predicted molar refractivity (Wildman–Crippen MR) is 112 cm³/mol. The van der Waals surface area contributed by atoms with Crippen LogP contribution in [-0.2, 0) is 6.54 Å². The van der Waals surface area contributed by atoms with E-state index in [0.29, 0.717) is 24.1 Å². The molecule has 0 radical (unpaired) electrons. The van der Waals surface area contributed by atoms with Gasteiger partial charge in [-0.05, 0) is 48.9 Å². The van der Waals surface area contributed by atoms with Crippen molar-refractivity contribution in [2.45, 2.75) is 38.3 Å². The van der Waals surface area contributed by atoms with Crippen molar-refractivity contribution in [3.63, 3.8) is 0 Å². The first-order valence-electron chi connectivity index (χ1n) is 10.0. The molecular weight excluding hydrogens is 344 g/mol. The van der Waals surface area contributed by atoms with Crippen LogP contribution in [0.3, 0.4) is 0 Å². The highest BCUT2D eigenvalue weighted by Gasteiger charge is 2.39. The van der Waals surface area contributed by atoms with Crippen molar-refractivity contribution in [3.05, 3.63) is 102 Å². The van der Waals surface area contributed by atoms with Gasteiger partial charge >= 0.3 is 0 Å². The highest BCUT2D eigenvalue weighted by atomic mass is 16.2. The topological polar surface area (TPSA) is 33.2 Å². The van der Waals surface area contributed by atoms with Gasteiger partial charge in [0, 0.05) is 24.7 Å². The standard InChI is InChI=1S/C25H26N2O/c1-19(24(22-15-16-22)21-12-6-3-7-13-21)27(18-20-10-4-2-5-11-20)25(28)23-14-8-9-17-26-23/h2-14,17,19,22,24H,15-16,18H2,1H3. The zero-order chi connectivity index (χ0) is 19.3. The van der Waals surface area contributed by atoms with Crippen LogP contribution in [0.2, 0.25) is 0 Å². The molecule has 2 unspecified atom stereocenters. The van der Waals surface area contributed by atoms with E-state index in [1.807, 2.05) is 41.3 Å². The fourth-order valence-electron chi connectivity index (χ4n) is 4.09. The van der Waals surface area contributed by atoms with E-state index in [1.54, 1.807) is 6.20 Å². The summed E-state index contributed by atoms with van der Waals surface area (Å²) in [7, 11) is 0. The van der Waals surface area contributed by atoms with E-state index in [-0.39, 0.29) is 11.9 Å². The molecule has 1 aliphatic rings. The first-order chi connectivity index (χ1) is 13.7. The average molecular weight is 370 g/mol. The molecule has 0 spiro atoms. The van der Waals surface area contributed by atoms with Crippen LogP contribution in [0.4, 0.5) is 0 Å². The molecule has 28 heavy (non-hydrogen) atoms. The summed E-state index contributed by atoms with van der Waals surface area (Å²) in [6, 6.07) is 26.5. The maximum Gasteiger partial charge on any atom is 0.273 e. The number of carbonyl (C=O) groups excluding carboxylic acids is 1. The number of carbonyl (C=O) groups is 1. The lowest BCUT2D eigenvalue weighted by Crippen LogP contribution is -2.42. The van der Waals surface area contributed by atoms with Crippen molar-refractivity contribution in [1.82, 2.24) is 9.88 Å². The van der Waals surface area contributed by atoms with Gasteiger partial charge in [-0.15, -0.1) is 0 Å². The third kappa shape index (κ3) is 4.14. The Morgan fingerprint density at radius 3 is 2.21 bits per heavy atom. The van der Waals surface area contributed by atoms with E-state index in [2.05, 4.69) is 54.4 Å². The summed E-state index contributed by atoms with van der Waals surface area (Å²) >= 11 is 0. The Labute approximate surface area is 167 Å². The second kappa shape index (κ2) is 8.39. The molecular formula is C25H26N2O. The SMILES string of the molecule is CC(C(c1ccccc1)C1CC1)N(Cc1ccccc1)C(=O)c1ccccn1. The molecule has 1 heterocycles. The Balaban J connectivity index is 1.68. The summed E-state index contributed by atoms with van der Waals surface area (Å²) < 4.78 is 0. The van der Waals surface area contributed by atoms with Crippen LogP contribution in [0.5, 0.6) is 0 Å². The molecule has 0 bridgehead atoms. The second-order valence-electron chi connectivity index (χ2n) is 7.65. The summed E-state index contributed by atoms with van der Waals surface area (Å²) in [6.45, 7) is 2.78. The van der Waals surface area contributed by atoms with Crippen molar-refractivity contribution in [2.75, 3.05) is 0 Å². The highest BCUT2D eigenvalue weighted by molar-refractivity contribution is 5.92. The maximum absolute atomic E-state index is 13.4. The molecule has 4 rings (SSSR count). The fraction of sp³-hybridized carbons (Fsp3) is 0.280. The first kappa shape index (κ1) is 18.4. The highest BCUT2D eigenvalue weighted by Crippen LogP contribution is 2.46. The van der Waals surface area contributed by atoms with Gasteiger partial charge in [0.15, 0.2) is 0 Å². The lowest BCUT2D eigenvalue weighted by Gasteiger charge is -2.35. The molecule has 142 valence electrons. The van der Waals surface area contributed by atoms with Crippen molar-refractivity contribution in [2.24, 2.45) is 5.92 Å². The largest absolute Gasteiger partial charge is 0.330 e. The van der Waals surface area contributed by atoms with Crippen LogP contribution in [0.25, 0.3) is 0 Å². The van der Waals surface area contributed by atoms with Gasteiger partial charge in [-0.25, -0.2) is 0 Å². The molecule has 1 fully saturated rings. The monoisotopic (exact) mass is 370 g/mol. The summed E-state index contributed by atoms with van der Waals surface area (Å²) in [4.78, 5) is 19.8. The molecule has 1 amide bonds. The maximum atomic E-state index is 13.4. The van der Waals surface area contributed by atoms with Gasteiger partial charge in [0.05, 0.1) is 0 Å². The van der Waals surface area contributed by atoms with Crippen LogP contribution in [0.1, 0.15) is 47.3 Å². The number of rotatable bonds is 7. The first-order valence-corrected chi connectivity index (χ1v) is 10.0. The number of amides is 1. The van der Waals surface area contributed by atoms with E-state index in [4.69, 9.17) is 0 Å². The zero-order valence-electron chi connectivity index (χ0n) is 16.2. The second-order valence-corrected chi connectivity index (χ2v) is 7.65. The van der Waals surface area contributed by atoms with Crippen LogP contribution >= 0.6 is 0 Å². The molecule has 1 aromatic heterocycles. The number of pyridine rings is 1. The molecule has 2 atom stereocenters. The van der Waals surface area contributed by atoms with Gasteiger partial charge < -0.3 is 4.90 Å². The van der Waals surface area contributed by atoms with Gasteiger partial charge in [-0.2, -0.15) is 0 Å². The van der Waals surface area contributed by atoms with Crippen molar-refractivity contribution in [1.29, 1.82) is 0 Å². The van der Waals surface area contributed by atoms with Gasteiger partial charge in [0.25, 0.3) is 5.91 Å². The molecule has 2 aromatic carbocycles. The molecule has 1 saturated carbocycles. The molecule has 0 N–H and O–H groups in total. The Kier molecular flexibility index (Phi) is 5.52. The van der Waals surface area contributed by atoms with Crippen LogP contribution in [0, 0.1) is 5.92 Å². The Bertz CT molecular complexity index is 892. The quantitative estimate of drug-likeness (QED) is 0.565. The average Bonchev–Trinajstić information content (AvgIpc) is 3.59.